The second-order valence-electron chi connectivity index (χ2n) is 6.49. The minimum atomic E-state index is -0.816. The molecule has 2 aromatic heterocycles. The number of rotatable bonds is 1. The van der Waals surface area contributed by atoms with Gasteiger partial charge in [-0.05, 0) is 23.1 Å². The Labute approximate surface area is 141 Å². The fourth-order valence-electron chi connectivity index (χ4n) is 2.64. The van der Waals surface area contributed by atoms with Gasteiger partial charge < -0.3 is 0 Å². The van der Waals surface area contributed by atoms with Crippen LogP contribution in [0.25, 0.3) is 16.7 Å². The number of nitrogens with zero attached hydrogens (tertiary/aromatic N) is 2. The fraction of sp³-hybridized carbons (Fsp3) is 0.235. The van der Waals surface area contributed by atoms with E-state index in [9.17, 15) is 14.0 Å². The van der Waals surface area contributed by atoms with E-state index in [-0.39, 0.29) is 16.4 Å². The molecule has 0 saturated carbocycles. The minimum absolute atomic E-state index is 0.0202. The average Bonchev–Trinajstić information content (AvgIpc) is 2.49. The lowest BCUT2D eigenvalue weighted by Gasteiger charge is -2.23. The van der Waals surface area contributed by atoms with Gasteiger partial charge in [0.25, 0.3) is 5.56 Å². The first-order valence-electron chi connectivity index (χ1n) is 7.31. The zero-order valence-corrected chi connectivity index (χ0v) is 14.1. The van der Waals surface area contributed by atoms with E-state index in [1.165, 1.54) is 4.57 Å². The SMILES string of the molecule is CC(C)(C)c1ccccc1-n1c(=O)[nH]c(=O)c2cc(F)c(Cl)nc21. The molecule has 0 aliphatic carbocycles. The summed E-state index contributed by atoms with van der Waals surface area (Å²) >= 11 is 5.77. The van der Waals surface area contributed by atoms with Gasteiger partial charge in [-0.15, -0.1) is 0 Å². The highest BCUT2D eigenvalue weighted by Crippen LogP contribution is 2.29. The summed E-state index contributed by atoms with van der Waals surface area (Å²) in [6, 6.07) is 8.27. The van der Waals surface area contributed by atoms with Crippen LogP contribution in [0.1, 0.15) is 26.3 Å². The summed E-state index contributed by atoms with van der Waals surface area (Å²) in [4.78, 5) is 30.6. The lowest BCUT2D eigenvalue weighted by atomic mass is 9.85. The van der Waals surface area contributed by atoms with Crippen molar-refractivity contribution in [1.82, 2.24) is 14.5 Å². The smallest absolute Gasteiger partial charge is 0.273 e. The topological polar surface area (TPSA) is 67.8 Å². The third-order valence-corrected chi connectivity index (χ3v) is 4.01. The Morgan fingerprint density at radius 2 is 1.88 bits per heavy atom. The molecule has 1 aromatic carbocycles. The molecule has 3 rings (SSSR count). The van der Waals surface area contributed by atoms with E-state index in [4.69, 9.17) is 11.6 Å². The van der Waals surface area contributed by atoms with Crippen LogP contribution in [0, 0.1) is 5.82 Å². The third kappa shape index (κ3) is 2.63. The largest absolute Gasteiger partial charge is 0.334 e. The lowest BCUT2D eigenvalue weighted by molar-refractivity contribution is 0.585. The summed E-state index contributed by atoms with van der Waals surface area (Å²) in [5, 5.41) is -0.435. The molecule has 2 heterocycles. The van der Waals surface area contributed by atoms with Crippen LogP contribution >= 0.6 is 11.6 Å². The van der Waals surface area contributed by atoms with Gasteiger partial charge in [0.05, 0.1) is 11.1 Å². The van der Waals surface area contributed by atoms with Crippen molar-refractivity contribution in [1.29, 1.82) is 0 Å². The molecule has 0 fully saturated rings. The highest BCUT2D eigenvalue weighted by molar-refractivity contribution is 6.29. The number of benzene rings is 1. The molecule has 0 saturated heterocycles. The number of halogens is 2. The number of fused-ring (bicyclic) bond motifs is 1. The molecule has 7 heteroatoms. The van der Waals surface area contributed by atoms with Crippen molar-refractivity contribution in [3.63, 3.8) is 0 Å². The second kappa shape index (κ2) is 5.56. The van der Waals surface area contributed by atoms with Crippen LogP contribution in [0.3, 0.4) is 0 Å². The molecule has 0 radical (unpaired) electrons. The standard InChI is InChI=1S/C17H15ClFN3O2/c1-17(2,3)10-6-4-5-7-12(10)22-14-9(15(23)21-16(22)24)8-11(19)13(18)20-14/h4-8H,1-3H3,(H,21,23,24). The van der Waals surface area contributed by atoms with E-state index < -0.39 is 22.2 Å². The molecule has 124 valence electrons. The summed E-state index contributed by atoms with van der Waals surface area (Å²) in [5.74, 6) is -0.816. The molecule has 5 nitrogen and oxygen atoms in total. The Kier molecular flexibility index (Phi) is 3.80. The van der Waals surface area contributed by atoms with Gasteiger partial charge in [0.1, 0.15) is 0 Å². The first-order valence-corrected chi connectivity index (χ1v) is 7.69. The highest BCUT2D eigenvalue weighted by atomic mass is 35.5. The molecule has 0 atom stereocenters. The molecule has 0 spiro atoms. The maximum Gasteiger partial charge on any atom is 0.334 e. The molecule has 3 aromatic rings. The number of aromatic nitrogens is 3. The van der Waals surface area contributed by atoms with Crippen molar-refractivity contribution in [2.24, 2.45) is 0 Å². The molecule has 0 unspecified atom stereocenters. The van der Waals surface area contributed by atoms with Crippen LogP contribution in [-0.4, -0.2) is 14.5 Å². The molecular weight excluding hydrogens is 333 g/mol. The quantitative estimate of drug-likeness (QED) is 0.687. The Hall–Kier alpha value is -2.47. The van der Waals surface area contributed by atoms with E-state index in [0.717, 1.165) is 11.6 Å². The molecular formula is C17H15ClFN3O2. The van der Waals surface area contributed by atoms with Crippen LogP contribution in [0.2, 0.25) is 5.15 Å². The van der Waals surface area contributed by atoms with Crippen LogP contribution in [0.4, 0.5) is 4.39 Å². The minimum Gasteiger partial charge on any atom is -0.273 e. The Balaban J connectivity index is 2.51. The van der Waals surface area contributed by atoms with Crippen molar-refractivity contribution in [3.05, 3.63) is 67.7 Å². The first-order chi connectivity index (χ1) is 11.2. The van der Waals surface area contributed by atoms with E-state index >= 15 is 0 Å². The predicted octanol–water partition coefficient (Wildman–Crippen LogP) is 3.16. The summed E-state index contributed by atoms with van der Waals surface area (Å²) < 4.78 is 14.9. The number of H-pyrrole nitrogens is 1. The number of para-hydroxylation sites is 1. The van der Waals surface area contributed by atoms with Gasteiger partial charge in [-0.1, -0.05) is 50.6 Å². The van der Waals surface area contributed by atoms with Gasteiger partial charge in [-0.3, -0.25) is 9.78 Å². The van der Waals surface area contributed by atoms with Gasteiger partial charge in [0, 0.05) is 0 Å². The Morgan fingerprint density at radius 1 is 1.21 bits per heavy atom. The average molecular weight is 348 g/mol. The number of pyridine rings is 1. The predicted molar refractivity (Wildman–Crippen MR) is 91.6 cm³/mol. The van der Waals surface area contributed by atoms with E-state index in [1.807, 2.05) is 32.9 Å². The molecule has 24 heavy (non-hydrogen) atoms. The van der Waals surface area contributed by atoms with Gasteiger partial charge >= 0.3 is 5.69 Å². The molecule has 0 amide bonds. The normalized spacial score (nSPS) is 11.9. The number of nitrogens with one attached hydrogen (secondary N) is 1. The molecule has 0 aliphatic heterocycles. The van der Waals surface area contributed by atoms with Crippen LogP contribution in [-0.2, 0) is 5.41 Å². The van der Waals surface area contributed by atoms with E-state index in [2.05, 4.69) is 9.97 Å². The van der Waals surface area contributed by atoms with Gasteiger partial charge in [-0.25, -0.2) is 18.7 Å². The van der Waals surface area contributed by atoms with Crippen molar-refractivity contribution in [2.45, 2.75) is 26.2 Å². The van der Waals surface area contributed by atoms with Crippen molar-refractivity contribution < 1.29 is 4.39 Å². The second-order valence-corrected chi connectivity index (χ2v) is 6.85. The summed E-state index contributed by atoms with van der Waals surface area (Å²) in [6.07, 6.45) is 0. The van der Waals surface area contributed by atoms with Crippen molar-refractivity contribution in [3.8, 4) is 5.69 Å². The maximum atomic E-state index is 13.7. The van der Waals surface area contributed by atoms with Gasteiger partial charge in [-0.2, -0.15) is 0 Å². The van der Waals surface area contributed by atoms with Crippen LogP contribution in [0.15, 0.2) is 39.9 Å². The summed E-state index contributed by atoms with van der Waals surface area (Å²) in [6.45, 7) is 6.01. The van der Waals surface area contributed by atoms with Crippen LogP contribution < -0.4 is 11.2 Å². The Bertz CT molecular complexity index is 1060. The summed E-state index contributed by atoms with van der Waals surface area (Å²) in [7, 11) is 0. The summed E-state index contributed by atoms with van der Waals surface area (Å²) in [5.41, 5.74) is -0.162. The maximum absolute atomic E-state index is 13.7. The number of hydrogen-bond donors (Lipinski definition) is 1. The molecule has 0 aliphatic rings. The Morgan fingerprint density at radius 3 is 2.54 bits per heavy atom. The zero-order valence-electron chi connectivity index (χ0n) is 13.4. The van der Waals surface area contributed by atoms with E-state index in [1.54, 1.807) is 12.1 Å². The third-order valence-electron chi connectivity index (χ3n) is 3.75. The zero-order chi connectivity index (χ0) is 17.6. The molecule has 1 N–H and O–H groups in total. The van der Waals surface area contributed by atoms with Gasteiger partial charge in [0.15, 0.2) is 16.6 Å². The van der Waals surface area contributed by atoms with Crippen LogP contribution in [0.5, 0.6) is 0 Å². The van der Waals surface area contributed by atoms with Crippen molar-refractivity contribution >= 4 is 22.6 Å². The van der Waals surface area contributed by atoms with Gasteiger partial charge in [0.2, 0.25) is 0 Å². The molecule has 0 bridgehead atoms. The number of aromatic amines is 1. The highest BCUT2D eigenvalue weighted by Gasteiger charge is 2.21. The van der Waals surface area contributed by atoms with Crippen molar-refractivity contribution in [2.75, 3.05) is 0 Å². The fourth-order valence-corrected chi connectivity index (χ4v) is 2.77. The van der Waals surface area contributed by atoms with E-state index in [0.29, 0.717) is 5.69 Å². The first kappa shape index (κ1) is 16.4. The lowest BCUT2D eigenvalue weighted by Crippen LogP contribution is -2.31. The number of hydrogen-bond acceptors (Lipinski definition) is 3. The monoisotopic (exact) mass is 347 g/mol.